The van der Waals surface area contributed by atoms with Crippen molar-refractivity contribution in [3.63, 3.8) is 0 Å². The molecule has 18 heavy (non-hydrogen) atoms. The highest BCUT2D eigenvalue weighted by atomic mass is 32.2. The highest BCUT2D eigenvalue weighted by Gasteiger charge is 2.26. The van der Waals surface area contributed by atoms with Crippen LogP contribution in [-0.2, 0) is 6.54 Å². The molecule has 1 aliphatic carbocycles. The molecular formula is C13H19NO3S. The molecule has 1 heterocycles. The van der Waals surface area contributed by atoms with Gasteiger partial charge in [0, 0.05) is 11.3 Å². The average molecular weight is 269 g/mol. The smallest absolute Gasteiger partial charge is 0.371 e. The molecule has 1 aliphatic rings. The molecule has 0 saturated heterocycles. The number of rotatable bonds is 6. The summed E-state index contributed by atoms with van der Waals surface area (Å²) >= 11 is 2.01. The molecule has 2 atom stereocenters. The summed E-state index contributed by atoms with van der Waals surface area (Å²) in [6.07, 6.45) is 3.74. The fourth-order valence-corrected chi connectivity index (χ4v) is 3.62. The van der Waals surface area contributed by atoms with Gasteiger partial charge in [-0.25, -0.2) is 4.79 Å². The van der Waals surface area contributed by atoms with Crippen LogP contribution in [0.1, 0.15) is 42.5 Å². The van der Waals surface area contributed by atoms with Crippen LogP contribution in [0.4, 0.5) is 0 Å². The van der Waals surface area contributed by atoms with Gasteiger partial charge in [0.2, 0.25) is 5.76 Å². The average Bonchev–Trinajstić information content (AvgIpc) is 2.95. The summed E-state index contributed by atoms with van der Waals surface area (Å²) in [4.78, 5) is 10.7. The standard InChI is InChI=1S/C13H19NO3S/c1-2-18-12-5-3-4-10(12)14-8-9-6-7-11(17-9)13(15)16/h6-7,10,12,14H,2-5,8H2,1H3,(H,15,16). The third-order valence-electron chi connectivity index (χ3n) is 3.24. The first-order valence-corrected chi connectivity index (χ1v) is 7.42. The molecule has 1 aromatic rings. The number of carboxylic acid groups (broad SMARTS) is 1. The molecule has 0 aromatic carbocycles. The van der Waals surface area contributed by atoms with Gasteiger partial charge in [-0.05, 0) is 30.7 Å². The second-order valence-electron chi connectivity index (χ2n) is 4.48. The van der Waals surface area contributed by atoms with E-state index in [4.69, 9.17) is 9.52 Å². The van der Waals surface area contributed by atoms with E-state index >= 15 is 0 Å². The number of thioether (sulfide) groups is 1. The zero-order valence-electron chi connectivity index (χ0n) is 10.5. The van der Waals surface area contributed by atoms with Gasteiger partial charge in [-0.2, -0.15) is 11.8 Å². The molecule has 0 spiro atoms. The van der Waals surface area contributed by atoms with Crippen LogP contribution in [0.15, 0.2) is 16.5 Å². The van der Waals surface area contributed by atoms with Crippen molar-refractivity contribution in [3.8, 4) is 0 Å². The van der Waals surface area contributed by atoms with Crippen LogP contribution >= 0.6 is 11.8 Å². The van der Waals surface area contributed by atoms with E-state index in [2.05, 4.69) is 12.2 Å². The number of carboxylic acids is 1. The monoisotopic (exact) mass is 269 g/mol. The Balaban J connectivity index is 1.84. The molecule has 1 saturated carbocycles. The normalized spacial score (nSPS) is 23.4. The first-order chi connectivity index (χ1) is 8.70. The van der Waals surface area contributed by atoms with Crippen molar-refractivity contribution >= 4 is 17.7 Å². The minimum Gasteiger partial charge on any atom is -0.475 e. The van der Waals surface area contributed by atoms with Crippen LogP contribution < -0.4 is 5.32 Å². The maximum Gasteiger partial charge on any atom is 0.371 e. The minimum absolute atomic E-state index is 0.0118. The lowest BCUT2D eigenvalue weighted by Gasteiger charge is -2.19. The summed E-state index contributed by atoms with van der Waals surface area (Å²) in [6, 6.07) is 3.76. The number of furan rings is 1. The van der Waals surface area contributed by atoms with Gasteiger partial charge in [0.1, 0.15) is 5.76 Å². The summed E-state index contributed by atoms with van der Waals surface area (Å²) < 4.78 is 5.23. The SMILES string of the molecule is CCSC1CCCC1NCc1ccc(C(=O)O)o1. The van der Waals surface area contributed by atoms with Crippen molar-refractivity contribution in [2.24, 2.45) is 0 Å². The van der Waals surface area contributed by atoms with Gasteiger partial charge in [-0.15, -0.1) is 0 Å². The van der Waals surface area contributed by atoms with E-state index in [0.717, 1.165) is 5.75 Å². The third-order valence-corrected chi connectivity index (χ3v) is 4.57. The van der Waals surface area contributed by atoms with E-state index in [9.17, 15) is 4.79 Å². The fourth-order valence-electron chi connectivity index (χ4n) is 2.39. The van der Waals surface area contributed by atoms with Gasteiger partial charge in [0.25, 0.3) is 0 Å². The molecule has 4 nitrogen and oxygen atoms in total. The Labute approximate surface area is 111 Å². The molecule has 0 bridgehead atoms. The van der Waals surface area contributed by atoms with E-state index in [1.807, 2.05) is 11.8 Å². The van der Waals surface area contributed by atoms with Crippen LogP contribution in [0.5, 0.6) is 0 Å². The molecular weight excluding hydrogens is 250 g/mol. The molecule has 2 unspecified atom stereocenters. The van der Waals surface area contributed by atoms with Crippen LogP contribution in [0.3, 0.4) is 0 Å². The minimum atomic E-state index is -1.01. The van der Waals surface area contributed by atoms with Gasteiger partial charge < -0.3 is 14.8 Å². The van der Waals surface area contributed by atoms with E-state index < -0.39 is 5.97 Å². The van der Waals surface area contributed by atoms with Gasteiger partial charge in [0.05, 0.1) is 6.54 Å². The van der Waals surface area contributed by atoms with Crippen molar-refractivity contribution in [1.29, 1.82) is 0 Å². The number of hydrogen-bond acceptors (Lipinski definition) is 4. The van der Waals surface area contributed by atoms with Crippen molar-refractivity contribution < 1.29 is 14.3 Å². The van der Waals surface area contributed by atoms with E-state index in [1.54, 1.807) is 6.07 Å². The third kappa shape index (κ3) is 3.29. The summed E-state index contributed by atoms with van der Waals surface area (Å²) in [5.74, 6) is 0.839. The molecule has 2 rings (SSSR count). The van der Waals surface area contributed by atoms with Gasteiger partial charge in [-0.1, -0.05) is 13.3 Å². The highest BCUT2D eigenvalue weighted by molar-refractivity contribution is 7.99. The van der Waals surface area contributed by atoms with Crippen LogP contribution in [0, 0.1) is 0 Å². The predicted octanol–water partition coefficient (Wildman–Crippen LogP) is 2.74. The largest absolute Gasteiger partial charge is 0.475 e. The summed E-state index contributed by atoms with van der Waals surface area (Å²) in [5, 5.41) is 12.9. The molecule has 1 aromatic heterocycles. The molecule has 1 fully saturated rings. The van der Waals surface area contributed by atoms with Crippen LogP contribution in [-0.4, -0.2) is 28.1 Å². The Kier molecular flexibility index (Phi) is 4.72. The topological polar surface area (TPSA) is 62.5 Å². The zero-order chi connectivity index (χ0) is 13.0. The molecule has 100 valence electrons. The Bertz CT molecular complexity index is 405. The first kappa shape index (κ1) is 13.5. The van der Waals surface area contributed by atoms with Crippen LogP contribution in [0.25, 0.3) is 0 Å². The summed E-state index contributed by atoms with van der Waals surface area (Å²) in [5.41, 5.74) is 0. The molecule has 5 heteroatoms. The van der Waals surface area contributed by atoms with Gasteiger partial charge in [-0.3, -0.25) is 0 Å². The van der Waals surface area contributed by atoms with Crippen molar-refractivity contribution in [1.82, 2.24) is 5.32 Å². The summed E-state index contributed by atoms with van der Waals surface area (Å²) in [6.45, 7) is 2.80. The quantitative estimate of drug-likeness (QED) is 0.831. The number of nitrogens with one attached hydrogen (secondary N) is 1. The van der Waals surface area contributed by atoms with Crippen molar-refractivity contribution in [2.75, 3.05) is 5.75 Å². The first-order valence-electron chi connectivity index (χ1n) is 6.37. The lowest BCUT2D eigenvalue weighted by molar-refractivity contribution is 0.0660. The zero-order valence-corrected chi connectivity index (χ0v) is 11.3. The maximum atomic E-state index is 10.7. The molecule has 0 aliphatic heterocycles. The lowest BCUT2D eigenvalue weighted by Crippen LogP contribution is -2.33. The molecule has 0 amide bonds. The number of aromatic carboxylic acids is 1. The van der Waals surface area contributed by atoms with E-state index in [1.165, 1.54) is 25.3 Å². The predicted molar refractivity (Wildman–Crippen MR) is 72.1 cm³/mol. The second kappa shape index (κ2) is 6.29. The lowest BCUT2D eigenvalue weighted by atomic mass is 10.2. The van der Waals surface area contributed by atoms with Crippen LogP contribution in [0.2, 0.25) is 0 Å². The Morgan fingerprint density at radius 2 is 2.39 bits per heavy atom. The Morgan fingerprint density at radius 1 is 1.56 bits per heavy atom. The summed E-state index contributed by atoms with van der Waals surface area (Å²) in [7, 11) is 0. The van der Waals surface area contributed by atoms with Gasteiger partial charge in [0.15, 0.2) is 0 Å². The Morgan fingerprint density at radius 3 is 3.06 bits per heavy atom. The maximum absolute atomic E-state index is 10.7. The van der Waals surface area contributed by atoms with E-state index in [-0.39, 0.29) is 5.76 Å². The molecule has 2 N–H and O–H groups in total. The van der Waals surface area contributed by atoms with E-state index in [0.29, 0.717) is 23.6 Å². The van der Waals surface area contributed by atoms with Gasteiger partial charge >= 0.3 is 5.97 Å². The highest BCUT2D eigenvalue weighted by Crippen LogP contribution is 2.30. The van der Waals surface area contributed by atoms with Crippen molar-refractivity contribution in [3.05, 3.63) is 23.7 Å². The number of hydrogen-bond donors (Lipinski definition) is 2. The number of carbonyl (C=O) groups is 1. The second-order valence-corrected chi connectivity index (χ2v) is 6.00. The molecule has 0 radical (unpaired) electrons. The Hall–Kier alpha value is -0.940. The van der Waals surface area contributed by atoms with Crippen molar-refractivity contribution in [2.45, 2.75) is 44.0 Å². The fraction of sp³-hybridized carbons (Fsp3) is 0.615.